The molecule has 3 aromatic heterocycles. The predicted molar refractivity (Wildman–Crippen MR) is 141 cm³/mol. The Bertz CT molecular complexity index is 1590. The van der Waals surface area contributed by atoms with Crippen LogP contribution in [0.5, 0.6) is 0 Å². The molecule has 3 heterocycles. The minimum absolute atomic E-state index is 0.0662. The molecule has 4 N–H and O–H groups in total. The van der Waals surface area contributed by atoms with E-state index in [0.717, 1.165) is 38.7 Å². The molecular formula is C29H25N5O2. The van der Waals surface area contributed by atoms with Crippen LogP contribution in [0.4, 0.5) is 5.82 Å². The zero-order chi connectivity index (χ0) is 24.9. The zero-order valence-corrected chi connectivity index (χ0v) is 19.6. The van der Waals surface area contributed by atoms with E-state index in [1.165, 1.54) is 0 Å². The van der Waals surface area contributed by atoms with E-state index in [1.54, 1.807) is 24.7 Å². The lowest BCUT2D eigenvalue weighted by atomic mass is 10.0. The van der Waals surface area contributed by atoms with Crippen molar-refractivity contribution in [1.82, 2.24) is 20.3 Å². The van der Waals surface area contributed by atoms with Gasteiger partial charge in [0.15, 0.2) is 0 Å². The summed E-state index contributed by atoms with van der Waals surface area (Å²) in [6, 6.07) is 23.1. The summed E-state index contributed by atoms with van der Waals surface area (Å²) in [6.07, 6.45) is 6.15. The van der Waals surface area contributed by atoms with Gasteiger partial charge in [0.25, 0.3) is 11.5 Å². The van der Waals surface area contributed by atoms with Crippen LogP contribution in [0.3, 0.4) is 0 Å². The van der Waals surface area contributed by atoms with E-state index < -0.39 is 0 Å². The Balaban J connectivity index is 1.22. The van der Waals surface area contributed by atoms with Crippen LogP contribution in [0.2, 0.25) is 0 Å². The summed E-state index contributed by atoms with van der Waals surface area (Å²) in [6.45, 7) is 0.403. The summed E-state index contributed by atoms with van der Waals surface area (Å²) < 4.78 is 0. The highest BCUT2D eigenvalue weighted by Gasteiger charge is 2.09. The van der Waals surface area contributed by atoms with Crippen molar-refractivity contribution in [3.05, 3.63) is 135 Å². The number of carbonyl (C=O) groups is 1. The van der Waals surface area contributed by atoms with Gasteiger partial charge in [0, 0.05) is 60.2 Å². The number of nitrogen functional groups attached to an aromatic ring is 1. The Morgan fingerprint density at radius 2 is 1.61 bits per heavy atom. The Labute approximate surface area is 208 Å². The standard InChI is InChI=1S/C29H25N5O2/c30-27-26-8-7-21(15-22(26)9-13-32-27)18-34-29(36)24-10-12-31-25(17-24)16-20-5-3-19(4-6-20)14-23-2-1-11-33-28(23)35/h1-13,15,17H,14,16,18H2,(H2,30,32)(H,33,35)(H,34,36). The van der Waals surface area contributed by atoms with E-state index in [-0.39, 0.29) is 11.5 Å². The molecule has 5 rings (SSSR count). The van der Waals surface area contributed by atoms with Crippen molar-refractivity contribution in [1.29, 1.82) is 0 Å². The van der Waals surface area contributed by atoms with Gasteiger partial charge in [0.2, 0.25) is 0 Å². The molecule has 0 spiro atoms. The number of pyridine rings is 3. The summed E-state index contributed by atoms with van der Waals surface area (Å²) in [5.74, 6) is 0.338. The smallest absolute Gasteiger partial charge is 0.251 e. The molecule has 0 radical (unpaired) electrons. The molecule has 5 aromatic rings. The summed E-state index contributed by atoms with van der Waals surface area (Å²) >= 11 is 0. The molecule has 0 atom stereocenters. The lowest BCUT2D eigenvalue weighted by Crippen LogP contribution is -2.23. The third-order valence-electron chi connectivity index (χ3n) is 6.09. The number of rotatable bonds is 7. The molecule has 7 heteroatoms. The van der Waals surface area contributed by atoms with Crippen molar-refractivity contribution in [3.8, 4) is 0 Å². The van der Waals surface area contributed by atoms with Crippen molar-refractivity contribution < 1.29 is 4.79 Å². The maximum Gasteiger partial charge on any atom is 0.251 e. The number of nitrogens with zero attached hydrogens (tertiary/aromatic N) is 2. The number of benzene rings is 2. The Hall–Kier alpha value is -4.78. The maximum absolute atomic E-state index is 12.8. The van der Waals surface area contributed by atoms with Gasteiger partial charge < -0.3 is 16.0 Å². The normalized spacial score (nSPS) is 10.9. The first-order chi connectivity index (χ1) is 17.5. The van der Waals surface area contributed by atoms with E-state index >= 15 is 0 Å². The molecule has 7 nitrogen and oxygen atoms in total. The quantitative estimate of drug-likeness (QED) is 0.329. The van der Waals surface area contributed by atoms with E-state index in [4.69, 9.17) is 5.73 Å². The van der Waals surface area contributed by atoms with Crippen LogP contribution in [-0.4, -0.2) is 20.9 Å². The van der Waals surface area contributed by atoms with Crippen molar-refractivity contribution in [2.24, 2.45) is 0 Å². The lowest BCUT2D eigenvalue weighted by molar-refractivity contribution is 0.0950. The SMILES string of the molecule is Nc1nccc2cc(CNC(=O)c3ccnc(Cc4ccc(Cc5ccc[nH]c5=O)cc4)c3)ccc12. The number of hydrogen-bond acceptors (Lipinski definition) is 5. The topological polar surface area (TPSA) is 114 Å². The highest BCUT2D eigenvalue weighted by Crippen LogP contribution is 2.20. The lowest BCUT2D eigenvalue weighted by Gasteiger charge is -2.09. The first-order valence-electron chi connectivity index (χ1n) is 11.7. The molecular weight excluding hydrogens is 450 g/mol. The minimum atomic E-state index is -0.156. The average molecular weight is 476 g/mol. The fourth-order valence-corrected chi connectivity index (χ4v) is 4.16. The zero-order valence-electron chi connectivity index (χ0n) is 19.6. The van der Waals surface area contributed by atoms with Gasteiger partial charge >= 0.3 is 0 Å². The van der Waals surface area contributed by atoms with Crippen LogP contribution in [0.1, 0.15) is 38.3 Å². The van der Waals surface area contributed by atoms with Crippen LogP contribution < -0.4 is 16.6 Å². The van der Waals surface area contributed by atoms with Gasteiger partial charge in [-0.15, -0.1) is 0 Å². The number of nitrogens with two attached hydrogens (primary N) is 1. The maximum atomic E-state index is 12.8. The van der Waals surface area contributed by atoms with Crippen molar-refractivity contribution in [2.45, 2.75) is 19.4 Å². The van der Waals surface area contributed by atoms with Gasteiger partial charge in [-0.3, -0.25) is 14.6 Å². The minimum Gasteiger partial charge on any atom is -0.383 e. The fraction of sp³-hybridized carbons (Fsp3) is 0.103. The van der Waals surface area contributed by atoms with Gasteiger partial charge in [0.1, 0.15) is 5.82 Å². The van der Waals surface area contributed by atoms with E-state index in [0.29, 0.717) is 30.8 Å². The summed E-state index contributed by atoms with van der Waals surface area (Å²) in [7, 11) is 0. The van der Waals surface area contributed by atoms with Crippen molar-refractivity contribution in [3.63, 3.8) is 0 Å². The van der Waals surface area contributed by atoms with Crippen LogP contribution in [0.15, 0.2) is 96.2 Å². The molecule has 0 bridgehead atoms. The third kappa shape index (κ3) is 5.31. The number of hydrogen-bond donors (Lipinski definition) is 3. The van der Waals surface area contributed by atoms with E-state index in [9.17, 15) is 9.59 Å². The molecule has 0 aliphatic rings. The van der Waals surface area contributed by atoms with Gasteiger partial charge in [-0.2, -0.15) is 0 Å². The molecule has 2 aromatic carbocycles. The van der Waals surface area contributed by atoms with Crippen molar-refractivity contribution in [2.75, 3.05) is 5.73 Å². The first-order valence-corrected chi connectivity index (χ1v) is 11.7. The number of nitrogens with one attached hydrogen (secondary N) is 2. The second-order valence-electron chi connectivity index (χ2n) is 8.66. The molecule has 178 valence electrons. The molecule has 0 unspecified atom stereocenters. The third-order valence-corrected chi connectivity index (χ3v) is 6.09. The highest BCUT2D eigenvalue weighted by molar-refractivity contribution is 5.94. The summed E-state index contributed by atoms with van der Waals surface area (Å²) in [5, 5.41) is 4.86. The second kappa shape index (κ2) is 10.2. The largest absolute Gasteiger partial charge is 0.383 e. The summed E-state index contributed by atoms with van der Waals surface area (Å²) in [5.41, 5.74) is 11.1. The molecule has 0 saturated carbocycles. The van der Waals surface area contributed by atoms with Gasteiger partial charge in [0.05, 0.1) is 0 Å². The van der Waals surface area contributed by atoms with Gasteiger partial charge in [-0.1, -0.05) is 42.5 Å². The summed E-state index contributed by atoms with van der Waals surface area (Å²) in [4.78, 5) is 35.9. The van der Waals surface area contributed by atoms with E-state index in [1.807, 2.05) is 66.7 Å². The number of fused-ring (bicyclic) bond motifs is 1. The molecule has 36 heavy (non-hydrogen) atoms. The van der Waals surface area contributed by atoms with Gasteiger partial charge in [-0.25, -0.2) is 4.98 Å². The molecule has 0 aliphatic heterocycles. The Morgan fingerprint density at radius 1 is 0.861 bits per heavy atom. The fourth-order valence-electron chi connectivity index (χ4n) is 4.16. The Kier molecular flexibility index (Phi) is 6.53. The molecule has 0 saturated heterocycles. The van der Waals surface area contributed by atoms with Crippen LogP contribution in [0, 0.1) is 0 Å². The molecule has 1 amide bonds. The van der Waals surface area contributed by atoms with Crippen LogP contribution in [0.25, 0.3) is 10.8 Å². The van der Waals surface area contributed by atoms with Crippen molar-refractivity contribution >= 4 is 22.5 Å². The monoisotopic (exact) mass is 475 g/mol. The number of aromatic nitrogens is 3. The van der Waals surface area contributed by atoms with Crippen LogP contribution >= 0.6 is 0 Å². The number of carbonyl (C=O) groups excluding carboxylic acids is 1. The first kappa shape index (κ1) is 23.0. The molecule has 0 fully saturated rings. The van der Waals surface area contributed by atoms with Gasteiger partial charge in [-0.05, 0) is 52.4 Å². The Morgan fingerprint density at radius 3 is 2.42 bits per heavy atom. The van der Waals surface area contributed by atoms with E-state index in [2.05, 4.69) is 20.3 Å². The van der Waals surface area contributed by atoms with Crippen LogP contribution in [-0.2, 0) is 19.4 Å². The second-order valence-corrected chi connectivity index (χ2v) is 8.66. The highest BCUT2D eigenvalue weighted by atomic mass is 16.1. The molecule has 0 aliphatic carbocycles. The number of anilines is 1. The number of amides is 1. The predicted octanol–water partition coefficient (Wildman–Crippen LogP) is 4.01. The average Bonchev–Trinajstić information content (AvgIpc) is 2.90. The number of H-pyrrole nitrogens is 1. The number of aromatic amines is 1.